The van der Waals surface area contributed by atoms with Crippen molar-refractivity contribution in [1.82, 2.24) is 0 Å². The number of esters is 1. The fourth-order valence-corrected chi connectivity index (χ4v) is 5.25. The smallest absolute Gasteiger partial charge is 0.334 e. The lowest BCUT2D eigenvalue weighted by atomic mass is 9.75. The molecule has 0 aromatic heterocycles. The molecule has 6 nitrogen and oxygen atoms in total. The minimum Gasteiger partial charge on any atom is -0.460 e. The lowest BCUT2D eigenvalue weighted by Gasteiger charge is -2.37. The van der Waals surface area contributed by atoms with E-state index in [0.717, 1.165) is 51.4 Å². The average Bonchev–Trinajstić information content (AvgIpc) is 2.60. The van der Waals surface area contributed by atoms with Gasteiger partial charge in [0, 0.05) is 5.92 Å². The summed E-state index contributed by atoms with van der Waals surface area (Å²) < 4.78 is 38.5. The molecule has 0 saturated heterocycles. The molecule has 7 heteroatoms. The Hall–Kier alpha value is -0.950. The van der Waals surface area contributed by atoms with Crippen LogP contribution in [0.5, 0.6) is 0 Å². The van der Waals surface area contributed by atoms with Gasteiger partial charge in [0.25, 0.3) is 10.1 Å². The van der Waals surface area contributed by atoms with Crippen LogP contribution in [0.4, 0.5) is 0 Å². The second-order valence-corrected chi connectivity index (χ2v) is 9.65. The topological polar surface area (TPSA) is 97.7 Å². The molecule has 1 N–H and O–H groups in total. The van der Waals surface area contributed by atoms with Crippen molar-refractivity contribution in [3.8, 4) is 0 Å². The number of rotatable bonds is 7. The first-order valence-electron chi connectivity index (χ1n) is 9.92. The first-order valence-corrected chi connectivity index (χ1v) is 11.4. The van der Waals surface area contributed by atoms with E-state index in [1.807, 2.05) is 0 Å². The van der Waals surface area contributed by atoms with Crippen LogP contribution in [-0.2, 0) is 24.4 Å². The molecular formula is C19H32O6S. The van der Waals surface area contributed by atoms with Crippen LogP contribution < -0.4 is 0 Å². The van der Waals surface area contributed by atoms with Gasteiger partial charge in [0.1, 0.15) is 6.10 Å². The molecule has 0 spiro atoms. The molecule has 0 heterocycles. The zero-order valence-electron chi connectivity index (χ0n) is 15.9. The highest BCUT2D eigenvalue weighted by Crippen LogP contribution is 2.37. The number of hydrogen-bond donors (Lipinski definition) is 1. The highest BCUT2D eigenvalue weighted by molar-refractivity contribution is 7.88. The highest BCUT2D eigenvalue weighted by Gasteiger charge is 2.43. The molecule has 0 bridgehead atoms. The Kier molecular flexibility index (Phi) is 7.64. The van der Waals surface area contributed by atoms with Crippen LogP contribution in [0.1, 0.15) is 78.1 Å². The largest absolute Gasteiger partial charge is 0.460 e. The summed E-state index contributed by atoms with van der Waals surface area (Å²) in [5, 5.41) is -2.13. The van der Waals surface area contributed by atoms with Gasteiger partial charge in [-0.1, -0.05) is 52.4 Å². The van der Waals surface area contributed by atoms with Gasteiger partial charge in [-0.15, -0.1) is 0 Å². The predicted octanol–water partition coefficient (Wildman–Crippen LogP) is 3.54. The maximum Gasteiger partial charge on any atom is 0.334 e. The number of carbonyl (C=O) groups is 2. The Morgan fingerprint density at radius 3 is 1.65 bits per heavy atom. The normalized spacial score (nSPS) is 21.7. The van der Waals surface area contributed by atoms with Crippen molar-refractivity contribution in [2.75, 3.05) is 0 Å². The summed E-state index contributed by atoms with van der Waals surface area (Å²) in [7, 11) is -4.84. The molecule has 0 amide bonds. The Balaban J connectivity index is 2.21. The van der Waals surface area contributed by atoms with Gasteiger partial charge in [0.15, 0.2) is 5.78 Å². The molecule has 2 aliphatic rings. The molecule has 0 aromatic rings. The molecule has 150 valence electrons. The van der Waals surface area contributed by atoms with Crippen LogP contribution >= 0.6 is 0 Å². The van der Waals surface area contributed by atoms with Crippen LogP contribution in [0, 0.1) is 17.8 Å². The summed E-state index contributed by atoms with van der Waals surface area (Å²) in [6.07, 6.45) is 10.2. The first-order chi connectivity index (χ1) is 12.2. The SMILES string of the molecule is CC(C)C(=O)C(C(=O)OC(C1CCCCC1)C1CCCCC1)S(=O)(=O)O. The standard InChI is InChI=1S/C19H32O6S/c1-13(2)16(20)18(26(22,23)24)19(21)25-17(14-9-5-3-6-10-14)15-11-7-4-8-12-15/h13-15,17-18H,3-12H2,1-2H3,(H,22,23,24). The van der Waals surface area contributed by atoms with Crippen molar-refractivity contribution in [3.05, 3.63) is 0 Å². The molecule has 0 radical (unpaired) electrons. The van der Waals surface area contributed by atoms with E-state index in [2.05, 4.69) is 0 Å². The fourth-order valence-electron chi connectivity index (χ4n) is 4.39. The van der Waals surface area contributed by atoms with Crippen molar-refractivity contribution in [2.24, 2.45) is 17.8 Å². The summed E-state index contributed by atoms with van der Waals surface area (Å²) >= 11 is 0. The van der Waals surface area contributed by atoms with E-state index >= 15 is 0 Å². The lowest BCUT2D eigenvalue weighted by Crippen LogP contribution is -2.45. The summed E-state index contributed by atoms with van der Waals surface area (Å²) in [6, 6.07) is 0. The van der Waals surface area contributed by atoms with E-state index < -0.39 is 33.0 Å². The van der Waals surface area contributed by atoms with E-state index in [-0.39, 0.29) is 17.9 Å². The van der Waals surface area contributed by atoms with Gasteiger partial charge in [0.2, 0.25) is 5.25 Å². The monoisotopic (exact) mass is 388 g/mol. The zero-order chi connectivity index (χ0) is 19.3. The van der Waals surface area contributed by atoms with Crippen LogP contribution in [-0.4, -0.2) is 36.1 Å². The van der Waals surface area contributed by atoms with Gasteiger partial charge in [-0.3, -0.25) is 14.1 Å². The summed E-state index contributed by atoms with van der Waals surface area (Å²) in [6.45, 7) is 3.01. The summed E-state index contributed by atoms with van der Waals surface area (Å²) in [4.78, 5) is 24.9. The molecule has 0 aromatic carbocycles. The molecule has 2 rings (SSSR count). The Morgan fingerprint density at radius 1 is 0.885 bits per heavy atom. The van der Waals surface area contributed by atoms with E-state index in [0.29, 0.717) is 0 Å². The van der Waals surface area contributed by atoms with Crippen LogP contribution in [0.15, 0.2) is 0 Å². The molecule has 2 saturated carbocycles. The minimum absolute atomic E-state index is 0.215. The van der Waals surface area contributed by atoms with Gasteiger partial charge in [-0.05, 0) is 37.5 Å². The van der Waals surface area contributed by atoms with Gasteiger partial charge in [0.05, 0.1) is 0 Å². The van der Waals surface area contributed by atoms with E-state index in [9.17, 15) is 22.6 Å². The number of hydrogen-bond acceptors (Lipinski definition) is 5. The highest BCUT2D eigenvalue weighted by atomic mass is 32.2. The Bertz CT molecular complexity index is 567. The summed E-state index contributed by atoms with van der Waals surface area (Å²) in [5.74, 6) is -2.17. The molecule has 2 aliphatic carbocycles. The quantitative estimate of drug-likeness (QED) is 0.407. The third kappa shape index (κ3) is 5.52. The minimum atomic E-state index is -4.84. The van der Waals surface area contributed by atoms with Crippen molar-refractivity contribution in [3.63, 3.8) is 0 Å². The van der Waals surface area contributed by atoms with Gasteiger partial charge < -0.3 is 4.74 Å². The number of carbonyl (C=O) groups excluding carboxylic acids is 2. The van der Waals surface area contributed by atoms with Crippen molar-refractivity contribution in [2.45, 2.75) is 89.4 Å². The second kappa shape index (κ2) is 9.31. The van der Waals surface area contributed by atoms with Crippen LogP contribution in [0.25, 0.3) is 0 Å². The number of Topliss-reactive ketones (excluding diaryl/α,β-unsaturated/α-hetero) is 1. The number of ether oxygens (including phenoxy) is 1. The van der Waals surface area contributed by atoms with Crippen LogP contribution in [0.2, 0.25) is 0 Å². The Morgan fingerprint density at radius 2 is 1.31 bits per heavy atom. The fraction of sp³-hybridized carbons (Fsp3) is 0.895. The second-order valence-electron chi connectivity index (χ2n) is 8.15. The molecule has 1 unspecified atom stereocenters. The van der Waals surface area contributed by atoms with E-state index in [1.54, 1.807) is 0 Å². The van der Waals surface area contributed by atoms with Crippen LogP contribution in [0.3, 0.4) is 0 Å². The van der Waals surface area contributed by atoms with Crippen molar-refractivity contribution < 1.29 is 27.3 Å². The zero-order valence-corrected chi connectivity index (χ0v) is 16.7. The van der Waals surface area contributed by atoms with Gasteiger partial charge in [-0.2, -0.15) is 8.42 Å². The first kappa shape index (κ1) is 21.4. The number of ketones is 1. The molecule has 1 atom stereocenters. The van der Waals surface area contributed by atoms with E-state index in [1.165, 1.54) is 26.7 Å². The van der Waals surface area contributed by atoms with Gasteiger partial charge in [-0.25, -0.2) is 0 Å². The van der Waals surface area contributed by atoms with Crippen molar-refractivity contribution in [1.29, 1.82) is 0 Å². The predicted molar refractivity (Wildman–Crippen MR) is 98.2 cm³/mol. The van der Waals surface area contributed by atoms with Crippen molar-refractivity contribution >= 4 is 21.9 Å². The molecule has 2 fully saturated rings. The maximum atomic E-state index is 12.6. The Labute approximate surface area is 156 Å². The van der Waals surface area contributed by atoms with E-state index in [4.69, 9.17) is 4.74 Å². The molecule has 26 heavy (non-hydrogen) atoms. The molecular weight excluding hydrogens is 356 g/mol. The third-order valence-corrected chi connectivity index (χ3v) is 6.84. The average molecular weight is 389 g/mol. The third-order valence-electron chi connectivity index (χ3n) is 5.82. The molecule has 0 aliphatic heterocycles. The lowest BCUT2D eigenvalue weighted by molar-refractivity contribution is -0.158. The summed E-state index contributed by atoms with van der Waals surface area (Å²) in [5.41, 5.74) is 0. The van der Waals surface area contributed by atoms with Gasteiger partial charge >= 0.3 is 5.97 Å². The maximum absolute atomic E-state index is 12.6.